The van der Waals surface area contributed by atoms with Crippen LogP contribution in [0.1, 0.15) is 17.5 Å². The number of rotatable bonds is 5. The summed E-state index contributed by atoms with van der Waals surface area (Å²) in [5.41, 5.74) is 2.84. The van der Waals surface area contributed by atoms with Crippen molar-refractivity contribution in [3.8, 4) is 11.5 Å². The molecule has 1 N–H and O–H groups in total. The third kappa shape index (κ3) is 3.36. The van der Waals surface area contributed by atoms with E-state index in [0.29, 0.717) is 23.3 Å². The molecule has 2 aromatic carbocycles. The molecule has 6 heteroatoms. The molecule has 6 nitrogen and oxygen atoms in total. The normalized spacial score (nSPS) is 30.8. The van der Waals surface area contributed by atoms with Gasteiger partial charge in [-0.05, 0) is 91.5 Å². The summed E-state index contributed by atoms with van der Waals surface area (Å²) in [6, 6.07) is 13.1. The zero-order valence-corrected chi connectivity index (χ0v) is 18.7. The number of carbonyl (C=O) groups excluding carboxylic acids is 3. The van der Waals surface area contributed by atoms with Crippen molar-refractivity contribution in [3.05, 3.63) is 65.7 Å². The number of imide groups is 1. The minimum atomic E-state index is -0.371. The van der Waals surface area contributed by atoms with E-state index in [1.165, 1.54) is 4.90 Å². The quantitative estimate of drug-likeness (QED) is 0.559. The lowest BCUT2D eigenvalue weighted by atomic mass is 9.63. The van der Waals surface area contributed by atoms with E-state index in [2.05, 4.69) is 23.5 Å². The number of hydrogen-bond donors (Lipinski definition) is 1. The molecule has 2 bridgehead atoms. The second kappa shape index (κ2) is 7.30. The van der Waals surface area contributed by atoms with Crippen molar-refractivity contribution in [2.75, 3.05) is 11.9 Å². The van der Waals surface area contributed by atoms with Gasteiger partial charge in [0.25, 0.3) is 0 Å². The average Bonchev–Trinajstić information content (AvgIpc) is 3.55. The maximum absolute atomic E-state index is 13.0. The van der Waals surface area contributed by atoms with Crippen molar-refractivity contribution in [2.45, 2.75) is 20.3 Å². The molecule has 0 unspecified atom stereocenters. The fourth-order valence-corrected chi connectivity index (χ4v) is 6.25. The molecule has 4 aliphatic carbocycles. The lowest BCUT2D eigenvalue weighted by Crippen LogP contribution is -2.40. The largest absolute Gasteiger partial charge is 0.457 e. The van der Waals surface area contributed by atoms with Crippen LogP contribution in [0.4, 0.5) is 5.69 Å². The van der Waals surface area contributed by atoms with Gasteiger partial charge in [-0.1, -0.05) is 18.2 Å². The number of likely N-dealkylation sites (tertiary alicyclic amines) is 1. The molecule has 2 aromatic rings. The van der Waals surface area contributed by atoms with Gasteiger partial charge in [0.15, 0.2) is 0 Å². The van der Waals surface area contributed by atoms with E-state index >= 15 is 0 Å². The van der Waals surface area contributed by atoms with Crippen LogP contribution in [0, 0.1) is 49.4 Å². The first-order valence-electron chi connectivity index (χ1n) is 11.6. The zero-order valence-electron chi connectivity index (χ0n) is 18.7. The molecule has 5 aliphatic rings. The topological polar surface area (TPSA) is 75.7 Å². The molecule has 168 valence electrons. The van der Waals surface area contributed by atoms with Crippen molar-refractivity contribution in [1.29, 1.82) is 0 Å². The van der Waals surface area contributed by atoms with Gasteiger partial charge in [0.1, 0.15) is 18.0 Å². The molecule has 1 saturated heterocycles. The SMILES string of the molecule is Cc1cc(C)cc(Oc2ccc(NC(=O)CN3C(=O)[C@@H]4[C@@H]5C=C[C@H]([C@@H]6C[C@H]56)[C@@H]4C3=O)cc2)c1. The Labute approximate surface area is 192 Å². The number of carbonyl (C=O) groups is 3. The Hall–Kier alpha value is -3.41. The maximum atomic E-state index is 13.0. The Morgan fingerprint density at radius 1 is 0.909 bits per heavy atom. The number of anilines is 1. The Kier molecular flexibility index (Phi) is 4.47. The second-order valence-corrected chi connectivity index (χ2v) is 9.92. The van der Waals surface area contributed by atoms with Gasteiger partial charge in [-0.3, -0.25) is 19.3 Å². The monoisotopic (exact) mass is 442 g/mol. The fourth-order valence-electron chi connectivity index (χ4n) is 6.25. The predicted octanol–water partition coefficient (Wildman–Crippen LogP) is 4.09. The number of aryl methyl sites for hydroxylation is 2. The second-order valence-electron chi connectivity index (χ2n) is 9.92. The maximum Gasteiger partial charge on any atom is 0.244 e. The number of nitrogens with zero attached hydrogens (tertiary/aromatic N) is 1. The summed E-state index contributed by atoms with van der Waals surface area (Å²) < 4.78 is 5.91. The molecule has 33 heavy (non-hydrogen) atoms. The summed E-state index contributed by atoms with van der Waals surface area (Å²) in [4.78, 5) is 39.9. The summed E-state index contributed by atoms with van der Waals surface area (Å²) in [7, 11) is 0. The molecule has 0 spiro atoms. The highest BCUT2D eigenvalue weighted by molar-refractivity contribution is 6.09. The van der Waals surface area contributed by atoms with Gasteiger partial charge in [0.2, 0.25) is 17.7 Å². The van der Waals surface area contributed by atoms with Gasteiger partial charge in [-0.2, -0.15) is 0 Å². The van der Waals surface area contributed by atoms with Crippen LogP contribution >= 0.6 is 0 Å². The molecular formula is C27H26N2O4. The van der Waals surface area contributed by atoms with E-state index < -0.39 is 0 Å². The number of hydrogen-bond acceptors (Lipinski definition) is 4. The van der Waals surface area contributed by atoms with Crippen molar-refractivity contribution in [2.24, 2.45) is 35.5 Å². The van der Waals surface area contributed by atoms with E-state index in [1.807, 2.05) is 26.0 Å². The fraction of sp³-hybridized carbons (Fsp3) is 0.370. The van der Waals surface area contributed by atoms with Gasteiger partial charge in [-0.25, -0.2) is 0 Å². The molecule has 3 amide bonds. The van der Waals surface area contributed by atoms with Gasteiger partial charge < -0.3 is 10.1 Å². The molecule has 2 saturated carbocycles. The molecule has 0 aromatic heterocycles. The molecule has 1 aliphatic heterocycles. The lowest BCUT2D eigenvalue weighted by molar-refractivity contribution is -0.142. The summed E-state index contributed by atoms with van der Waals surface area (Å²) in [6.07, 6.45) is 5.40. The highest BCUT2D eigenvalue weighted by atomic mass is 16.5. The average molecular weight is 443 g/mol. The van der Waals surface area contributed by atoms with Gasteiger partial charge >= 0.3 is 0 Å². The number of amides is 3. The van der Waals surface area contributed by atoms with Crippen molar-refractivity contribution >= 4 is 23.4 Å². The smallest absolute Gasteiger partial charge is 0.244 e. The zero-order chi connectivity index (χ0) is 22.9. The lowest BCUT2D eigenvalue weighted by Gasteiger charge is -2.37. The van der Waals surface area contributed by atoms with Gasteiger partial charge in [0, 0.05) is 5.69 Å². The summed E-state index contributed by atoms with van der Waals surface area (Å²) in [5.74, 6) is 1.58. The third-order valence-electron chi connectivity index (χ3n) is 7.62. The van der Waals surface area contributed by atoms with Gasteiger partial charge in [-0.15, -0.1) is 0 Å². The van der Waals surface area contributed by atoms with Crippen LogP contribution in [0.25, 0.3) is 0 Å². The molecular weight excluding hydrogens is 416 g/mol. The Morgan fingerprint density at radius 2 is 1.48 bits per heavy atom. The van der Waals surface area contributed by atoms with Crippen LogP contribution in [0.15, 0.2) is 54.6 Å². The summed E-state index contributed by atoms with van der Waals surface area (Å²) in [6.45, 7) is 3.81. The first-order valence-corrected chi connectivity index (χ1v) is 11.6. The number of ether oxygens (including phenoxy) is 1. The summed E-state index contributed by atoms with van der Waals surface area (Å²) in [5, 5.41) is 2.80. The molecule has 6 atom stereocenters. The predicted molar refractivity (Wildman–Crippen MR) is 122 cm³/mol. The standard InChI is InChI=1S/C27H26N2O4/c1-14-9-15(2)11-18(10-14)33-17-5-3-16(4-6-17)28-23(30)13-29-26(31)24-19-7-8-20(22-12-21(19)22)25(24)27(29)32/h3-11,19-22,24-25H,12-13H2,1-2H3,(H,28,30)/t19-,20-,21-,22+,24-,25+/m1/s1. The van der Waals surface area contributed by atoms with Crippen LogP contribution in [-0.2, 0) is 14.4 Å². The first kappa shape index (κ1) is 20.2. The van der Waals surface area contributed by atoms with E-state index in [0.717, 1.165) is 23.3 Å². The van der Waals surface area contributed by atoms with Crippen molar-refractivity contribution < 1.29 is 19.1 Å². The van der Waals surface area contributed by atoms with E-state index in [1.54, 1.807) is 24.3 Å². The first-order chi connectivity index (χ1) is 15.9. The van der Waals surface area contributed by atoms with Crippen LogP contribution in [0.2, 0.25) is 0 Å². The minimum absolute atomic E-state index is 0.166. The van der Waals surface area contributed by atoms with Crippen LogP contribution in [0.3, 0.4) is 0 Å². The Balaban J connectivity index is 1.09. The highest BCUT2D eigenvalue weighted by Crippen LogP contribution is 2.65. The van der Waals surface area contributed by atoms with Crippen LogP contribution in [-0.4, -0.2) is 29.2 Å². The molecule has 0 radical (unpaired) electrons. The van der Waals surface area contributed by atoms with E-state index in [-0.39, 0.29) is 47.9 Å². The molecule has 7 rings (SSSR count). The highest BCUT2D eigenvalue weighted by Gasteiger charge is 2.67. The molecule has 1 heterocycles. The number of benzene rings is 2. The van der Waals surface area contributed by atoms with Crippen molar-refractivity contribution in [1.82, 2.24) is 4.90 Å². The Bertz CT molecular complexity index is 1140. The number of nitrogens with one attached hydrogen (secondary N) is 1. The summed E-state index contributed by atoms with van der Waals surface area (Å²) >= 11 is 0. The van der Waals surface area contributed by atoms with E-state index in [9.17, 15) is 14.4 Å². The minimum Gasteiger partial charge on any atom is -0.457 e. The number of allylic oxidation sites excluding steroid dienone is 2. The van der Waals surface area contributed by atoms with Crippen molar-refractivity contribution in [3.63, 3.8) is 0 Å². The van der Waals surface area contributed by atoms with Crippen LogP contribution in [0.5, 0.6) is 11.5 Å². The van der Waals surface area contributed by atoms with Crippen LogP contribution < -0.4 is 10.1 Å². The van der Waals surface area contributed by atoms with Gasteiger partial charge in [0.05, 0.1) is 11.8 Å². The third-order valence-corrected chi connectivity index (χ3v) is 7.62. The van der Waals surface area contributed by atoms with E-state index in [4.69, 9.17) is 4.74 Å². The Morgan fingerprint density at radius 3 is 2.06 bits per heavy atom. The molecule has 3 fully saturated rings.